The minimum atomic E-state index is 0.870. The van der Waals surface area contributed by atoms with Crippen LogP contribution in [0.4, 0.5) is 0 Å². The first kappa shape index (κ1) is 18.4. The second-order valence-corrected chi connectivity index (χ2v) is 9.16. The molecule has 4 aromatic heterocycles. The maximum atomic E-state index is 4.84. The Balaban J connectivity index is 1.50. The molecule has 4 heteroatoms. The number of nitrogens with zero attached hydrogens (tertiary/aromatic N) is 3. The van der Waals surface area contributed by atoms with Crippen molar-refractivity contribution in [3.8, 4) is 11.4 Å². The van der Waals surface area contributed by atoms with Gasteiger partial charge in [0.1, 0.15) is 0 Å². The minimum absolute atomic E-state index is 0.870. The van der Waals surface area contributed by atoms with Gasteiger partial charge in [-0.3, -0.25) is 15.0 Å². The van der Waals surface area contributed by atoms with Gasteiger partial charge in [-0.1, -0.05) is 48.6 Å². The summed E-state index contributed by atoms with van der Waals surface area (Å²) in [5, 5.41) is 6.35. The van der Waals surface area contributed by atoms with Crippen LogP contribution < -0.4 is 0 Å². The average molecular weight is 440 g/mol. The topological polar surface area (TPSA) is 38.7 Å². The first-order valence-corrected chi connectivity index (χ1v) is 11.7. The second kappa shape index (κ2) is 7.19. The van der Waals surface area contributed by atoms with Crippen LogP contribution in [0.3, 0.4) is 0 Å². The van der Waals surface area contributed by atoms with Crippen molar-refractivity contribution in [3.05, 3.63) is 103 Å². The lowest BCUT2D eigenvalue weighted by Crippen LogP contribution is -1.90. The van der Waals surface area contributed by atoms with Gasteiger partial charge in [-0.25, -0.2) is 0 Å². The molecule has 0 aliphatic heterocycles. The fourth-order valence-corrected chi connectivity index (χ4v) is 5.95. The van der Waals surface area contributed by atoms with Crippen LogP contribution in [0.2, 0.25) is 0 Å². The van der Waals surface area contributed by atoms with E-state index in [9.17, 15) is 0 Å². The highest BCUT2D eigenvalue weighted by Crippen LogP contribution is 2.45. The van der Waals surface area contributed by atoms with Gasteiger partial charge in [0.05, 0.1) is 16.9 Å². The van der Waals surface area contributed by atoms with Gasteiger partial charge in [-0.2, -0.15) is 0 Å². The number of aromatic nitrogens is 3. The lowest BCUT2D eigenvalue weighted by Gasteiger charge is -2.10. The highest BCUT2D eigenvalue weighted by Gasteiger charge is 2.17. The van der Waals surface area contributed by atoms with Crippen LogP contribution in [0.25, 0.3) is 65.4 Å². The van der Waals surface area contributed by atoms with Crippen LogP contribution in [-0.2, 0) is 0 Å². The van der Waals surface area contributed by atoms with Crippen molar-refractivity contribution in [2.75, 3.05) is 0 Å². The Labute approximate surface area is 194 Å². The van der Waals surface area contributed by atoms with Crippen molar-refractivity contribution in [1.29, 1.82) is 0 Å². The van der Waals surface area contributed by atoms with E-state index < -0.39 is 0 Å². The molecule has 33 heavy (non-hydrogen) atoms. The fraction of sp³-hybridized carbons (Fsp3) is 0. The number of hydrogen-bond acceptors (Lipinski definition) is 4. The Bertz CT molecular complexity index is 1820. The highest BCUT2D eigenvalue weighted by atomic mass is 32.1. The van der Waals surface area contributed by atoms with Gasteiger partial charge in [0, 0.05) is 55.1 Å². The normalized spacial score (nSPS) is 12.1. The van der Waals surface area contributed by atoms with E-state index >= 15 is 0 Å². The van der Waals surface area contributed by atoms with Gasteiger partial charge in [0.25, 0.3) is 0 Å². The molecular weight excluding hydrogens is 422 g/mol. The molecule has 0 atom stereocenters. The second-order valence-electron chi connectivity index (χ2n) is 8.07. The molecule has 3 nitrogen and oxygen atoms in total. The zero-order chi connectivity index (χ0) is 21.8. The van der Waals surface area contributed by atoms with E-state index in [0.717, 1.165) is 28.0 Å². The van der Waals surface area contributed by atoms with Crippen LogP contribution in [0, 0.1) is 0 Å². The SMILES string of the molecule is C(=C\c1ccc2sc3cccc4c5cccnc5c1c2c34)/c1cccnc1-c1ccccn1. The van der Waals surface area contributed by atoms with Crippen molar-refractivity contribution in [3.63, 3.8) is 0 Å². The number of pyridine rings is 3. The minimum Gasteiger partial charge on any atom is -0.256 e. The van der Waals surface area contributed by atoms with E-state index in [4.69, 9.17) is 4.98 Å². The molecule has 7 rings (SSSR count). The number of benzene rings is 3. The third-order valence-corrected chi connectivity index (χ3v) is 7.34. The summed E-state index contributed by atoms with van der Waals surface area (Å²) < 4.78 is 2.63. The van der Waals surface area contributed by atoms with Crippen LogP contribution in [0.15, 0.2) is 91.4 Å². The van der Waals surface area contributed by atoms with E-state index in [0.29, 0.717) is 0 Å². The van der Waals surface area contributed by atoms with Crippen LogP contribution >= 0.6 is 11.3 Å². The van der Waals surface area contributed by atoms with E-state index in [2.05, 4.69) is 64.6 Å². The summed E-state index contributed by atoms with van der Waals surface area (Å²) in [5.41, 5.74) is 5.00. The third kappa shape index (κ3) is 2.78. The van der Waals surface area contributed by atoms with E-state index in [1.54, 1.807) is 6.20 Å². The summed E-state index contributed by atoms with van der Waals surface area (Å²) in [6, 6.07) is 25.2. The van der Waals surface area contributed by atoms with Gasteiger partial charge in [0.15, 0.2) is 0 Å². The van der Waals surface area contributed by atoms with Crippen molar-refractivity contribution in [2.24, 2.45) is 0 Å². The van der Waals surface area contributed by atoms with E-state index in [1.165, 1.54) is 36.3 Å². The molecule has 0 spiro atoms. The zero-order valence-corrected chi connectivity index (χ0v) is 18.4. The third-order valence-electron chi connectivity index (χ3n) is 6.22. The Morgan fingerprint density at radius 1 is 0.545 bits per heavy atom. The van der Waals surface area contributed by atoms with Crippen molar-refractivity contribution in [1.82, 2.24) is 15.0 Å². The summed E-state index contributed by atoms with van der Waals surface area (Å²) in [6.45, 7) is 0. The molecule has 0 fully saturated rings. The molecule has 4 heterocycles. The molecular formula is C29H17N3S. The maximum Gasteiger partial charge on any atom is 0.0958 e. The first-order chi connectivity index (χ1) is 16.4. The van der Waals surface area contributed by atoms with Crippen LogP contribution in [0.5, 0.6) is 0 Å². The van der Waals surface area contributed by atoms with E-state index in [-0.39, 0.29) is 0 Å². The monoisotopic (exact) mass is 439 g/mol. The predicted octanol–water partition coefficient (Wildman–Crippen LogP) is 7.82. The van der Waals surface area contributed by atoms with Crippen molar-refractivity contribution < 1.29 is 0 Å². The molecule has 0 unspecified atom stereocenters. The molecule has 0 radical (unpaired) electrons. The summed E-state index contributed by atoms with van der Waals surface area (Å²) in [5.74, 6) is 0. The fourth-order valence-electron chi connectivity index (χ4n) is 4.81. The summed E-state index contributed by atoms with van der Waals surface area (Å²) in [4.78, 5) is 13.9. The lowest BCUT2D eigenvalue weighted by atomic mass is 9.94. The highest BCUT2D eigenvalue weighted by molar-refractivity contribution is 7.26. The van der Waals surface area contributed by atoms with E-state index in [1.807, 2.05) is 54.1 Å². The molecule has 0 amide bonds. The zero-order valence-electron chi connectivity index (χ0n) is 17.6. The van der Waals surface area contributed by atoms with Crippen molar-refractivity contribution >= 4 is 65.3 Å². The molecule has 154 valence electrons. The average Bonchev–Trinajstić information content (AvgIpc) is 3.27. The van der Waals surface area contributed by atoms with Crippen LogP contribution in [-0.4, -0.2) is 15.0 Å². The summed E-state index contributed by atoms with van der Waals surface area (Å²) in [6.07, 6.45) is 9.84. The molecule has 0 aliphatic rings. The molecule has 0 N–H and O–H groups in total. The van der Waals surface area contributed by atoms with Crippen molar-refractivity contribution in [2.45, 2.75) is 0 Å². The number of rotatable bonds is 3. The molecule has 0 saturated carbocycles. The number of fused-ring (bicyclic) bond motifs is 3. The Hall–Kier alpha value is -4.15. The van der Waals surface area contributed by atoms with Gasteiger partial charge >= 0.3 is 0 Å². The molecule has 3 aromatic carbocycles. The standard InChI is InChI=1S/C29H17N3S/c1-2-15-30-22(9-1)28-19(6-4-16-31-28)12-11-18-13-14-24-27-25(18)29-21(8-5-17-32-29)20-7-3-10-23(33-24)26(20)27/h1-17H/b12-11+. The lowest BCUT2D eigenvalue weighted by molar-refractivity contribution is 1.24. The summed E-state index contributed by atoms with van der Waals surface area (Å²) >= 11 is 1.85. The van der Waals surface area contributed by atoms with Gasteiger partial charge in [0.2, 0.25) is 0 Å². The number of hydrogen-bond donors (Lipinski definition) is 0. The largest absolute Gasteiger partial charge is 0.256 e. The first-order valence-electron chi connectivity index (χ1n) is 10.9. The summed E-state index contributed by atoms with van der Waals surface area (Å²) in [7, 11) is 0. The molecule has 0 saturated heterocycles. The Morgan fingerprint density at radius 3 is 2.30 bits per heavy atom. The van der Waals surface area contributed by atoms with Gasteiger partial charge in [-0.15, -0.1) is 11.3 Å². The molecule has 7 aromatic rings. The predicted molar refractivity (Wildman–Crippen MR) is 140 cm³/mol. The number of thiophene rings is 1. The Kier molecular flexibility index (Phi) is 4.01. The van der Waals surface area contributed by atoms with Gasteiger partial charge < -0.3 is 0 Å². The Morgan fingerprint density at radius 2 is 1.36 bits per heavy atom. The van der Waals surface area contributed by atoms with Gasteiger partial charge in [-0.05, 0) is 47.3 Å². The van der Waals surface area contributed by atoms with Crippen LogP contribution in [0.1, 0.15) is 11.1 Å². The quantitative estimate of drug-likeness (QED) is 0.263. The maximum absolute atomic E-state index is 4.84. The molecule has 0 aliphatic carbocycles. The smallest absolute Gasteiger partial charge is 0.0958 e. The molecule has 0 bridgehead atoms.